The van der Waals surface area contributed by atoms with Crippen LogP contribution in [0.1, 0.15) is 11.1 Å². The second-order valence-electron chi connectivity index (χ2n) is 6.28. The average Bonchev–Trinajstić information content (AvgIpc) is 3.16. The second-order valence-corrected chi connectivity index (χ2v) is 7.22. The van der Waals surface area contributed by atoms with E-state index in [9.17, 15) is 17.6 Å². The van der Waals surface area contributed by atoms with Crippen molar-refractivity contribution in [1.82, 2.24) is 19.7 Å². The van der Waals surface area contributed by atoms with Crippen LogP contribution in [0.4, 0.5) is 17.6 Å². The van der Waals surface area contributed by atoms with Crippen molar-refractivity contribution >= 4 is 11.8 Å². The van der Waals surface area contributed by atoms with Crippen molar-refractivity contribution in [3.8, 4) is 17.1 Å². The first-order valence-electron chi connectivity index (χ1n) is 8.84. The molecule has 2 aromatic carbocycles. The van der Waals surface area contributed by atoms with Gasteiger partial charge in [0.05, 0.1) is 11.3 Å². The highest BCUT2D eigenvalue weighted by atomic mass is 32.2. The Kier molecular flexibility index (Phi) is 5.54. The summed E-state index contributed by atoms with van der Waals surface area (Å²) < 4.78 is 55.9. The summed E-state index contributed by atoms with van der Waals surface area (Å²) in [6.07, 6.45) is -1.30. The van der Waals surface area contributed by atoms with E-state index in [0.29, 0.717) is 11.4 Å². The normalized spacial score (nSPS) is 11.6. The molecule has 0 aliphatic heterocycles. The molecule has 9 heteroatoms. The number of nitrogens with zero attached hydrogens (tertiary/aromatic N) is 4. The van der Waals surface area contributed by atoms with Gasteiger partial charge in [-0.2, -0.15) is 13.2 Å². The number of rotatable bonds is 5. The first-order valence-corrected chi connectivity index (χ1v) is 9.82. The topological polar surface area (TPSA) is 43.6 Å². The SMILES string of the molecule is Fc1ccccc1-n1c(SCc2ccccc2C(F)(F)F)nnc1-c1cccnc1. The number of para-hydroxylation sites is 1. The third kappa shape index (κ3) is 4.06. The Morgan fingerprint density at radius 1 is 0.900 bits per heavy atom. The molecule has 30 heavy (non-hydrogen) atoms. The molecule has 0 aliphatic rings. The third-order valence-electron chi connectivity index (χ3n) is 4.33. The lowest BCUT2D eigenvalue weighted by atomic mass is 10.1. The predicted octanol–water partition coefficient (Wildman–Crippen LogP) is 5.78. The van der Waals surface area contributed by atoms with Gasteiger partial charge in [0.1, 0.15) is 5.82 Å². The number of aromatic nitrogens is 4. The van der Waals surface area contributed by atoms with E-state index < -0.39 is 17.6 Å². The van der Waals surface area contributed by atoms with Crippen LogP contribution in [0.25, 0.3) is 17.1 Å². The number of thioether (sulfide) groups is 1. The van der Waals surface area contributed by atoms with E-state index >= 15 is 0 Å². The van der Waals surface area contributed by atoms with Crippen molar-refractivity contribution in [2.24, 2.45) is 0 Å². The molecule has 4 rings (SSSR count). The van der Waals surface area contributed by atoms with E-state index in [4.69, 9.17) is 0 Å². The van der Waals surface area contributed by atoms with Crippen molar-refractivity contribution in [3.05, 3.63) is 90.0 Å². The molecular weight excluding hydrogens is 416 g/mol. The van der Waals surface area contributed by atoms with Crippen LogP contribution < -0.4 is 0 Å². The Hall–Kier alpha value is -3.20. The lowest BCUT2D eigenvalue weighted by Crippen LogP contribution is -2.08. The third-order valence-corrected chi connectivity index (χ3v) is 5.30. The Bertz CT molecular complexity index is 1160. The van der Waals surface area contributed by atoms with Gasteiger partial charge in [0.25, 0.3) is 0 Å². The van der Waals surface area contributed by atoms with Crippen molar-refractivity contribution < 1.29 is 17.6 Å². The van der Waals surface area contributed by atoms with E-state index in [1.807, 2.05) is 0 Å². The number of pyridine rings is 1. The van der Waals surface area contributed by atoms with Crippen LogP contribution in [0.3, 0.4) is 0 Å². The monoisotopic (exact) mass is 430 g/mol. The van der Waals surface area contributed by atoms with Gasteiger partial charge in [0.15, 0.2) is 11.0 Å². The van der Waals surface area contributed by atoms with Crippen LogP contribution in [0.5, 0.6) is 0 Å². The van der Waals surface area contributed by atoms with Crippen LogP contribution in [0.2, 0.25) is 0 Å². The lowest BCUT2D eigenvalue weighted by Gasteiger charge is -2.13. The zero-order valence-corrected chi connectivity index (χ0v) is 16.2. The largest absolute Gasteiger partial charge is 0.416 e. The maximum Gasteiger partial charge on any atom is 0.416 e. The maximum atomic E-state index is 14.6. The van der Waals surface area contributed by atoms with E-state index in [-0.39, 0.29) is 22.2 Å². The fourth-order valence-corrected chi connectivity index (χ4v) is 3.91. The summed E-state index contributed by atoms with van der Waals surface area (Å²) in [5.74, 6) is -0.158. The summed E-state index contributed by atoms with van der Waals surface area (Å²) in [6, 6.07) is 14.9. The quantitative estimate of drug-likeness (QED) is 0.297. The summed E-state index contributed by atoms with van der Waals surface area (Å²) in [6.45, 7) is 0. The molecule has 4 aromatic rings. The molecule has 0 atom stereocenters. The minimum atomic E-state index is -4.46. The highest BCUT2D eigenvalue weighted by molar-refractivity contribution is 7.98. The molecule has 0 amide bonds. The van der Waals surface area contributed by atoms with Crippen LogP contribution in [-0.2, 0) is 11.9 Å². The molecule has 0 unspecified atom stereocenters. The highest BCUT2D eigenvalue weighted by Crippen LogP contribution is 2.36. The molecule has 0 N–H and O–H groups in total. The van der Waals surface area contributed by atoms with Gasteiger partial charge in [-0.05, 0) is 35.9 Å². The standard InChI is InChI=1S/C21H14F4N4S/c22-17-9-3-4-10-18(17)29-19(14-7-5-11-26-12-14)27-28-20(29)30-13-15-6-1-2-8-16(15)21(23,24)25/h1-12H,13H2. The smallest absolute Gasteiger partial charge is 0.267 e. The lowest BCUT2D eigenvalue weighted by molar-refractivity contribution is -0.138. The van der Waals surface area contributed by atoms with Crippen molar-refractivity contribution in [1.29, 1.82) is 0 Å². The molecule has 2 aromatic heterocycles. The summed E-state index contributed by atoms with van der Waals surface area (Å²) in [5, 5.41) is 8.54. The highest BCUT2D eigenvalue weighted by Gasteiger charge is 2.33. The van der Waals surface area contributed by atoms with Crippen LogP contribution in [-0.4, -0.2) is 19.7 Å². The molecule has 0 fully saturated rings. The Balaban J connectivity index is 1.75. The van der Waals surface area contributed by atoms with E-state index in [2.05, 4.69) is 15.2 Å². The molecule has 2 heterocycles. The summed E-state index contributed by atoms with van der Waals surface area (Å²) in [7, 11) is 0. The number of halogens is 4. The molecule has 0 radical (unpaired) electrons. The zero-order chi connectivity index (χ0) is 21.1. The first-order chi connectivity index (χ1) is 14.4. The minimum absolute atomic E-state index is 0.00465. The van der Waals surface area contributed by atoms with E-state index in [1.165, 1.54) is 22.8 Å². The maximum absolute atomic E-state index is 14.6. The second kappa shape index (κ2) is 8.27. The minimum Gasteiger partial charge on any atom is -0.267 e. The summed E-state index contributed by atoms with van der Waals surface area (Å²) in [4.78, 5) is 4.05. The van der Waals surface area contributed by atoms with Crippen LogP contribution in [0, 0.1) is 5.82 Å². The van der Waals surface area contributed by atoms with Crippen LogP contribution in [0.15, 0.2) is 78.2 Å². The Morgan fingerprint density at radius 3 is 2.40 bits per heavy atom. The Morgan fingerprint density at radius 2 is 1.67 bits per heavy atom. The van der Waals surface area contributed by atoms with E-state index in [0.717, 1.165) is 17.8 Å². The average molecular weight is 430 g/mol. The van der Waals surface area contributed by atoms with Gasteiger partial charge in [0, 0.05) is 23.7 Å². The molecule has 0 saturated carbocycles. The van der Waals surface area contributed by atoms with Gasteiger partial charge in [-0.3, -0.25) is 9.55 Å². The van der Waals surface area contributed by atoms with Gasteiger partial charge in [-0.25, -0.2) is 4.39 Å². The number of hydrogen-bond donors (Lipinski definition) is 0. The molecule has 152 valence electrons. The number of benzene rings is 2. The van der Waals surface area contributed by atoms with E-state index in [1.54, 1.807) is 48.8 Å². The van der Waals surface area contributed by atoms with Gasteiger partial charge in [0.2, 0.25) is 0 Å². The van der Waals surface area contributed by atoms with Gasteiger partial charge < -0.3 is 0 Å². The van der Waals surface area contributed by atoms with Crippen LogP contribution >= 0.6 is 11.8 Å². The predicted molar refractivity (Wildman–Crippen MR) is 106 cm³/mol. The summed E-state index contributed by atoms with van der Waals surface area (Å²) in [5.41, 5.74) is 0.215. The molecule has 0 aliphatic carbocycles. The fraction of sp³-hybridized carbons (Fsp3) is 0.0952. The Labute approximate surface area is 173 Å². The molecular formula is C21H14F4N4S. The van der Waals surface area contributed by atoms with Crippen molar-refractivity contribution in [3.63, 3.8) is 0 Å². The van der Waals surface area contributed by atoms with Gasteiger partial charge in [-0.15, -0.1) is 10.2 Å². The van der Waals surface area contributed by atoms with Crippen molar-refractivity contribution in [2.45, 2.75) is 17.1 Å². The molecule has 4 nitrogen and oxygen atoms in total. The number of alkyl halides is 3. The fourth-order valence-electron chi connectivity index (χ4n) is 2.96. The molecule has 0 spiro atoms. The van der Waals surface area contributed by atoms with Crippen molar-refractivity contribution in [2.75, 3.05) is 0 Å². The molecule has 0 saturated heterocycles. The van der Waals surface area contributed by atoms with Gasteiger partial charge in [-0.1, -0.05) is 42.1 Å². The summed E-state index contributed by atoms with van der Waals surface area (Å²) >= 11 is 1.05. The number of hydrogen-bond acceptors (Lipinski definition) is 4. The zero-order valence-electron chi connectivity index (χ0n) is 15.3. The van der Waals surface area contributed by atoms with Gasteiger partial charge >= 0.3 is 6.18 Å². The first kappa shape index (κ1) is 20.1. The molecule has 0 bridgehead atoms.